The maximum absolute atomic E-state index is 13.8. The fraction of sp³-hybridized carbons (Fsp3) is 0.417. The van der Waals surface area contributed by atoms with Crippen LogP contribution in [0.3, 0.4) is 0 Å². The Balaban J connectivity index is 2.09. The van der Waals surface area contributed by atoms with Gasteiger partial charge in [-0.05, 0) is 37.4 Å². The van der Waals surface area contributed by atoms with Gasteiger partial charge >= 0.3 is 0 Å². The minimum atomic E-state index is -0.184. The number of carbonyl (C=O) groups is 1. The molecule has 2 aromatic carbocycles. The molecule has 0 bridgehead atoms. The number of hydrogen-bond donors (Lipinski definition) is 0. The maximum Gasteiger partial charge on any atom is 0.260 e. The average molecular weight is 474 g/mol. The molecule has 1 aromatic heterocycles. The Labute approximate surface area is 198 Å². The third kappa shape index (κ3) is 5.31. The summed E-state index contributed by atoms with van der Waals surface area (Å²) < 4.78 is 22.6. The van der Waals surface area contributed by atoms with Crippen LogP contribution in [0.5, 0.6) is 23.0 Å². The number of carbonyl (C=O) groups excluding carboxylic acids is 1. The molecule has 0 spiro atoms. The molecule has 178 valence electrons. The van der Waals surface area contributed by atoms with Crippen molar-refractivity contribution >= 4 is 32.6 Å². The number of methoxy groups -OCH3 is 4. The van der Waals surface area contributed by atoms with Crippen molar-refractivity contribution in [1.82, 2.24) is 9.88 Å². The van der Waals surface area contributed by atoms with Crippen LogP contribution in [0.2, 0.25) is 0 Å². The van der Waals surface area contributed by atoms with Crippen molar-refractivity contribution in [2.45, 2.75) is 13.8 Å². The summed E-state index contributed by atoms with van der Waals surface area (Å²) in [7, 11) is 6.35. The molecule has 8 nitrogen and oxygen atoms in total. The molecule has 0 fully saturated rings. The lowest BCUT2D eigenvalue weighted by Gasteiger charge is -2.25. The van der Waals surface area contributed by atoms with Crippen molar-refractivity contribution in [3.8, 4) is 23.0 Å². The van der Waals surface area contributed by atoms with Crippen molar-refractivity contribution in [1.29, 1.82) is 0 Å². The van der Waals surface area contributed by atoms with Gasteiger partial charge in [0.1, 0.15) is 33.2 Å². The average Bonchev–Trinajstić information content (AvgIpc) is 3.30. The minimum Gasteiger partial charge on any atom is -0.497 e. The fourth-order valence-corrected chi connectivity index (χ4v) is 4.64. The zero-order valence-electron chi connectivity index (χ0n) is 20.0. The molecule has 0 aliphatic rings. The van der Waals surface area contributed by atoms with E-state index in [1.807, 2.05) is 12.1 Å². The van der Waals surface area contributed by atoms with Gasteiger partial charge in [0.15, 0.2) is 5.13 Å². The van der Waals surface area contributed by atoms with E-state index in [1.165, 1.54) is 11.3 Å². The number of rotatable bonds is 11. The molecular formula is C24H31N3O5S. The van der Waals surface area contributed by atoms with Crippen LogP contribution in [-0.4, -0.2) is 70.4 Å². The first-order chi connectivity index (χ1) is 16.0. The molecule has 0 saturated heterocycles. The SMILES string of the molecule is CCN(CC)CCN(C(=O)c1cc(OC)cc(OC)c1)c1nc2c(OC)ccc(OC)c2s1. The van der Waals surface area contributed by atoms with Crippen LogP contribution in [-0.2, 0) is 0 Å². The summed E-state index contributed by atoms with van der Waals surface area (Å²) in [5.74, 6) is 2.24. The molecular weight excluding hydrogens is 442 g/mol. The largest absolute Gasteiger partial charge is 0.497 e. The van der Waals surface area contributed by atoms with Crippen molar-refractivity contribution < 1.29 is 23.7 Å². The lowest BCUT2D eigenvalue weighted by molar-refractivity contribution is 0.0983. The van der Waals surface area contributed by atoms with Gasteiger partial charge in [0, 0.05) is 24.7 Å². The molecule has 33 heavy (non-hydrogen) atoms. The number of likely N-dealkylation sites (N-methyl/N-ethyl adjacent to an activating group) is 1. The van der Waals surface area contributed by atoms with Crippen LogP contribution >= 0.6 is 11.3 Å². The van der Waals surface area contributed by atoms with E-state index in [0.717, 1.165) is 17.8 Å². The molecule has 0 saturated carbocycles. The molecule has 3 rings (SSSR count). The number of ether oxygens (including phenoxy) is 4. The Morgan fingerprint density at radius 2 is 1.48 bits per heavy atom. The number of thiazole rings is 1. The minimum absolute atomic E-state index is 0.184. The zero-order valence-corrected chi connectivity index (χ0v) is 20.8. The van der Waals surface area contributed by atoms with Gasteiger partial charge < -0.3 is 23.8 Å². The van der Waals surface area contributed by atoms with Crippen LogP contribution in [0.25, 0.3) is 10.2 Å². The second kappa shape index (κ2) is 11.2. The van der Waals surface area contributed by atoms with Crippen molar-refractivity contribution in [3.63, 3.8) is 0 Å². The van der Waals surface area contributed by atoms with Gasteiger partial charge in [-0.1, -0.05) is 25.2 Å². The number of aromatic nitrogens is 1. The van der Waals surface area contributed by atoms with Gasteiger partial charge in [0.05, 0.1) is 28.4 Å². The number of fused-ring (bicyclic) bond motifs is 1. The molecule has 0 N–H and O–H groups in total. The molecule has 0 aliphatic carbocycles. The quantitative estimate of drug-likeness (QED) is 0.411. The predicted octanol–water partition coefficient (Wildman–Crippen LogP) is 4.32. The summed E-state index contributed by atoms with van der Waals surface area (Å²) in [6, 6.07) is 8.83. The number of anilines is 1. The first kappa shape index (κ1) is 24.6. The number of amides is 1. The van der Waals surface area contributed by atoms with Crippen LogP contribution in [0.1, 0.15) is 24.2 Å². The van der Waals surface area contributed by atoms with E-state index in [4.69, 9.17) is 23.9 Å². The van der Waals surface area contributed by atoms with Gasteiger partial charge in [-0.25, -0.2) is 4.98 Å². The van der Waals surface area contributed by atoms with Crippen molar-refractivity contribution in [2.75, 3.05) is 59.5 Å². The number of hydrogen-bond acceptors (Lipinski definition) is 8. The highest BCUT2D eigenvalue weighted by Crippen LogP contribution is 2.40. The molecule has 3 aromatic rings. The van der Waals surface area contributed by atoms with Crippen molar-refractivity contribution in [3.05, 3.63) is 35.9 Å². The normalized spacial score (nSPS) is 11.0. The van der Waals surface area contributed by atoms with E-state index in [0.29, 0.717) is 52.3 Å². The summed E-state index contributed by atoms with van der Waals surface area (Å²) in [6.45, 7) is 7.19. The number of benzene rings is 2. The van der Waals surface area contributed by atoms with E-state index in [2.05, 4.69) is 18.7 Å². The second-order valence-corrected chi connectivity index (χ2v) is 8.21. The lowest BCUT2D eigenvalue weighted by atomic mass is 10.1. The van der Waals surface area contributed by atoms with Crippen LogP contribution in [0.15, 0.2) is 30.3 Å². The topological polar surface area (TPSA) is 73.4 Å². The van der Waals surface area contributed by atoms with Gasteiger partial charge in [0.25, 0.3) is 5.91 Å². The Kier molecular flexibility index (Phi) is 8.35. The number of nitrogens with zero attached hydrogens (tertiary/aromatic N) is 3. The molecule has 1 heterocycles. The third-order valence-electron chi connectivity index (χ3n) is 5.51. The summed E-state index contributed by atoms with van der Waals surface area (Å²) >= 11 is 1.40. The summed E-state index contributed by atoms with van der Waals surface area (Å²) in [5, 5.41) is 0.576. The highest BCUT2D eigenvalue weighted by molar-refractivity contribution is 7.22. The van der Waals surface area contributed by atoms with Gasteiger partial charge in [0.2, 0.25) is 0 Å². The van der Waals surface area contributed by atoms with E-state index in [9.17, 15) is 4.79 Å². The Bertz CT molecular complexity index is 1030. The molecule has 0 atom stereocenters. The highest BCUT2D eigenvalue weighted by atomic mass is 32.1. The first-order valence-corrected chi connectivity index (χ1v) is 11.6. The van der Waals surface area contributed by atoms with Gasteiger partial charge in [-0.2, -0.15) is 0 Å². The van der Waals surface area contributed by atoms with E-state index >= 15 is 0 Å². The van der Waals surface area contributed by atoms with E-state index < -0.39 is 0 Å². The van der Waals surface area contributed by atoms with Crippen LogP contribution in [0.4, 0.5) is 5.13 Å². The third-order valence-corrected chi connectivity index (χ3v) is 6.60. The Morgan fingerprint density at radius 1 is 0.879 bits per heavy atom. The lowest BCUT2D eigenvalue weighted by Crippen LogP contribution is -2.38. The standard InChI is InChI=1S/C24H31N3O5S/c1-7-26(8-2)11-12-27(23(28)16-13-17(29-3)15-18(14-16)30-4)24-25-21-19(31-5)9-10-20(32-6)22(21)33-24/h9-10,13-15H,7-8,11-12H2,1-6H3. The highest BCUT2D eigenvalue weighted by Gasteiger charge is 2.25. The fourth-order valence-electron chi connectivity index (χ4n) is 3.54. The second-order valence-electron chi connectivity index (χ2n) is 7.23. The van der Waals surface area contributed by atoms with Gasteiger partial charge in [-0.15, -0.1) is 0 Å². The molecule has 9 heteroatoms. The monoisotopic (exact) mass is 473 g/mol. The first-order valence-electron chi connectivity index (χ1n) is 10.8. The predicted molar refractivity (Wildman–Crippen MR) is 132 cm³/mol. The molecule has 0 unspecified atom stereocenters. The van der Waals surface area contributed by atoms with Crippen LogP contribution in [0, 0.1) is 0 Å². The smallest absolute Gasteiger partial charge is 0.260 e. The summed E-state index contributed by atoms with van der Waals surface area (Å²) in [5.41, 5.74) is 1.13. The summed E-state index contributed by atoms with van der Waals surface area (Å²) in [4.78, 5) is 22.5. The van der Waals surface area contributed by atoms with E-state index in [-0.39, 0.29) is 5.91 Å². The van der Waals surface area contributed by atoms with Gasteiger partial charge in [-0.3, -0.25) is 9.69 Å². The zero-order chi connectivity index (χ0) is 24.0. The van der Waals surface area contributed by atoms with Crippen LogP contribution < -0.4 is 23.8 Å². The Morgan fingerprint density at radius 3 is 2.03 bits per heavy atom. The van der Waals surface area contributed by atoms with E-state index in [1.54, 1.807) is 51.5 Å². The molecule has 0 aliphatic heterocycles. The summed E-state index contributed by atoms with van der Waals surface area (Å²) in [6.07, 6.45) is 0. The molecule has 0 radical (unpaired) electrons. The maximum atomic E-state index is 13.8. The van der Waals surface area contributed by atoms with Crippen molar-refractivity contribution in [2.24, 2.45) is 0 Å². The molecule has 1 amide bonds. The Hall–Kier alpha value is -3.04.